The Bertz CT molecular complexity index is 182. The minimum Gasteiger partial charge on any atom is -0.326 e. The number of hydrogen-bond acceptors (Lipinski definition) is 2. The molecule has 1 aliphatic carbocycles. The predicted octanol–water partition coefficient (Wildman–Crippen LogP) is 3.16. The minimum absolute atomic E-state index is 0.416. The first-order valence-electron chi connectivity index (χ1n) is 7.22. The summed E-state index contributed by atoms with van der Waals surface area (Å²) in [6.45, 7) is 8.16. The summed E-state index contributed by atoms with van der Waals surface area (Å²) in [5, 5.41) is 0. The molecule has 0 amide bonds. The second-order valence-corrected chi connectivity index (χ2v) is 5.36. The highest BCUT2D eigenvalue weighted by Crippen LogP contribution is 2.24. The van der Waals surface area contributed by atoms with E-state index in [2.05, 4.69) is 25.7 Å². The second-order valence-electron chi connectivity index (χ2n) is 5.36. The van der Waals surface area contributed by atoms with E-state index in [-0.39, 0.29) is 0 Å². The largest absolute Gasteiger partial charge is 0.326 e. The van der Waals surface area contributed by atoms with E-state index in [1.807, 2.05) is 0 Å². The number of rotatable bonds is 6. The van der Waals surface area contributed by atoms with Crippen LogP contribution in [-0.4, -0.2) is 29.6 Å². The maximum atomic E-state index is 6.30. The van der Waals surface area contributed by atoms with Gasteiger partial charge in [-0.15, -0.1) is 0 Å². The van der Waals surface area contributed by atoms with Crippen LogP contribution < -0.4 is 5.73 Å². The Morgan fingerprint density at radius 2 is 1.94 bits per heavy atom. The summed E-state index contributed by atoms with van der Waals surface area (Å²) in [5.74, 6) is 0. The van der Waals surface area contributed by atoms with Crippen LogP contribution in [0.2, 0.25) is 0 Å². The van der Waals surface area contributed by atoms with Gasteiger partial charge in [0.1, 0.15) is 0 Å². The van der Waals surface area contributed by atoms with E-state index in [4.69, 9.17) is 5.73 Å². The van der Waals surface area contributed by atoms with Crippen LogP contribution in [0.3, 0.4) is 0 Å². The van der Waals surface area contributed by atoms with Crippen LogP contribution in [0.5, 0.6) is 0 Å². The maximum absolute atomic E-state index is 6.30. The highest BCUT2D eigenvalue weighted by molar-refractivity contribution is 4.87. The van der Waals surface area contributed by atoms with Crippen LogP contribution in [0.25, 0.3) is 0 Å². The average molecular weight is 226 g/mol. The molecular weight excluding hydrogens is 196 g/mol. The molecule has 3 atom stereocenters. The van der Waals surface area contributed by atoms with E-state index in [0.717, 1.165) is 0 Å². The van der Waals surface area contributed by atoms with Gasteiger partial charge in [-0.25, -0.2) is 0 Å². The standard InChI is InChI=1S/C14H30N2/c1-4-6-11-16(12(3)5-2)14-10-8-7-9-13(14)15/h12-14H,4-11,15H2,1-3H3. The topological polar surface area (TPSA) is 29.3 Å². The van der Waals surface area contributed by atoms with Crippen LogP contribution in [0.15, 0.2) is 0 Å². The van der Waals surface area contributed by atoms with Crippen molar-refractivity contribution in [2.75, 3.05) is 6.54 Å². The molecule has 0 saturated heterocycles. The van der Waals surface area contributed by atoms with E-state index in [0.29, 0.717) is 18.1 Å². The molecule has 16 heavy (non-hydrogen) atoms. The molecule has 1 rings (SSSR count). The van der Waals surface area contributed by atoms with Gasteiger partial charge in [-0.3, -0.25) is 4.90 Å². The van der Waals surface area contributed by atoms with Gasteiger partial charge < -0.3 is 5.73 Å². The zero-order valence-corrected chi connectivity index (χ0v) is 11.4. The number of hydrogen-bond donors (Lipinski definition) is 1. The Balaban J connectivity index is 2.57. The molecule has 3 unspecified atom stereocenters. The molecule has 1 aliphatic rings. The maximum Gasteiger partial charge on any atom is 0.0250 e. The van der Waals surface area contributed by atoms with Crippen LogP contribution in [0, 0.1) is 0 Å². The van der Waals surface area contributed by atoms with Crippen molar-refractivity contribution in [1.82, 2.24) is 4.90 Å². The minimum atomic E-state index is 0.416. The molecule has 0 aliphatic heterocycles. The van der Waals surface area contributed by atoms with Crippen molar-refractivity contribution in [1.29, 1.82) is 0 Å². The van der Waals surface area contributed by atoms with Crippen LogP contribution in [-0.2, 0) is 0 Å². The molecular formula is C14H30N2. The molecule has 96 valence electrons. The average Bonchev–Trinajstić information content (AvgIpc) is 2.31. The molecule has 0 spiro atoms. The molecule has 2 N–H and O–H groups in total. The molecule has 0 aromatic carbocycles. The fourth-order valence-corrected chi connectivity index (χ4v) is 2.84. The third-order valence-corrected chi connectivity index (χ3v) is 4.13. The molecule has 2 nitrogen and oxygen atoms in total. The normalized spacial score (nSPS) is 28.3. The first-order chi connectivity index (χ1) is 7.70. The lowest BCUT2D eigenvalue weighted by Gasteiger charge is -2.41. The molecule has 0 radical (unpaired) electrons. The van der Waals surface area contributed by atoms with Crippen LogP contribution in [0.1, 0.15) is 65.7 Å². The third-order valence-electron chi connectivity index (χ3n) is 4.13. The Kier molecular flexibility index (Phi) is 6.37. The molecule has 0 aromatic rings. The summed E-state index contributed by atoms with van der Waals surface area (Å²) < 4.78 is 0. The van der Waals surface area contributed by atoms with Gasteiger partial charge in [-0.05, 0) is 39.2 Å². The van der Waals surface area contributed by atoms with E-state index in [1.165, 1.54) is 51.5 Å². The quantitative estimate of drug-likeness (QED) is 0.754. The molecule has 0 bridgehead atoms. The highest BCUT2D eigenvalue weighted by atomic mass is 15.2. The summed E-state index contributed by atoms with van der Waals surface area (Å²) >= 11 is 0. The second kappa shape index (κ2) is 7.29. The monoisotopic (exact) mass is 226 g/mol. The summed E-state index contributed by atoms with van der Waals surface area (Å²) in [7, 11) is 0. The first-order valence-corrected chi connectivity index (χ1v) is 7.22. The van der Waals surface area contributed by atoms with Crippen molar-refractivity contribution >= 4 is 0 Å². The van der Waals surface area contributed by atoms with E-state index in [1.54, 1.807) is 0 Å². The van der Waals surface area contributed by atoms with Crippen LogP contribution >= 0.6 is 0 Å². The summed E-state index contributed by atoms with van der Waals surface area (Å²) in [6, 6.07) is 1.76. The van der Waals surface area contributed by atoms with Gasteiger partial charge in [0.05, 0.1) is 0 Å². The summed E-state index contributed by atoms with van der Waals surface area (Å²) in [4.78, 5) is 2.69. The Labute approximate surface area is 102 Å². The Hall–Kier alpha value is -0.0800. The highest BCUT2D eigenvalue weighted by Gasteiger charge is 2.29. The van der Waals surface area contributed by atoms with E-state index >= 15 is 0 Å². The molecule has 1 saturated carbocycles. The molecule has 0 aromatic heterocycles. The van der Waals surface area contributed by atoms with Crippen molar-refractivity contribution < 1.29 is 0 Å². The molecule has 2 heteroatoms. The number of nitrogens with two attached hydrogens (primary N) is 1. The fraction of sp³-hybridized carbons (Fsp3) is 1.00. The predicted molar refractivity (Wildman–Crippen MR) is 71.6 cm³/mol. The third kappa shape index (κ3) is 3.74. The van der Waals surface area contributed by atoms with Crippen molar-refractivity contribution in [2.24, 2.45) is 5.73 Å². The summed E-state index contributed by atoms with van der Waals surface area (Å²) in [5.41, 5.74) is 6.30. The smallest absolute Gasteiger partial charge is 0.0250 e. The van der Waals surface area contributed by atoms with Gasteiger partial charge in [0, 0.05) is 18.1 Å². The van der Waals surface area contributed by atoms with Crippen LogP contribution in [0.4, 0.5) is 0 Å². The molecule has 0 heterocycles. The van der Waals surface area contributed by atoms with Gasteiger partial charge in [-0.1, -0.05) is 33.1 Å². The van der Waals surface area contributed by atoms with Gasteiger partial charge >= 0.3 is 0 Å². The van der Waals surface area contributed by atoms with Gasteiger partial charge in [0.25, 0.3) is 0 Å². The van der Waals surface area contributed by atoms with E-state index in [9.17, 15) is 0 Å². The lowest BCUT2D eigenvalue weighted by atomic mass is 9.88. The molecule has 1 fully saturated rings. The van der Waals surface area contributed by atoms with E-state index < -0.39 is 0 Å². The lowest BCUT2D eigenvalue weighted by Crippen LogP contribution is -2.52. The van der Waals surface area contributed by atoms with Crippen molar-refractivity contribution in [3.8, 4) is 0 Å². The van der Waals surface area contributed by atoms with Gasteiger partial charge in [0.15, 0.2) is 0 Å². The Morgan fingerprint density at radius 3 is 2.50 bits per heavy atom. The number of unbranched alkanes of at least 4 members (excludes halogenated alkanes) is 1. The zero-order valence-electron chi connectivity index (χ0n) is 11.4. The lowest BCUT2D eigenvalue weighted by molar-refractivity contribution is 0.0932. The van der Waals surface area contributed by atoms with Crippen molar-refractivity contribution in [3.05, 3.63) is 0 Å². The first kappa shape index (κ1) is 14.0. The Morgan fingerprint density at radius 1 is 1.25 bits per heavy atom. The van der Waals surface area contributed by atoms with Gasteiger partial charge in [-0.2, -0.15) is 0 Å². The zero-order chi connectivity index (χ0) is 12.0. The summed E-state index contributed by atoms with van der Waals surface area (Å²) in [6.07, 6.45) is 9.09. The van der Waals surface area contributed by atoms with Crippen molar-refractivity contribution in [2.45, 2.75) is 83.8 Å². The fourth-order valence-electron chi connectivity index (χ4n) is 2.84. The van der Waals surface area contributed by atoms with Gasteiger partial charge in [0.2, 0.25) is 0 Å². The number of nitrogens with zero attached hydrogens (tertiary/aromatic N) is 1. The van der Waals surface area contributed by atoms with Crippen molar-refractivity contribution in [3.63, 3.8) is 0 Å². The SMILES string of the molecule is CCCCN(C(C)CC)C1CCCCC1N.